The van der Waals surface area contributed by atoms with Crippen LogP contribution in [-0.4, -0.2) is 43.7 Å². The maximum atomic E-state index is 15.2. The minimum Gasteiger partial charge on any atom is -0.391 e. The minimum absolute atomic E-state index is 0.150. The third-order valence-electron chi connectivity index (χ3n) is 3.58. The van der Waals surface area contributed by atoms with Crippen molar-refractivity contribution in [1.29, 1.82) is 0 Å². The van der Waals surface area contributed by atoms with Gasteiger partial charge in [-0.1, -0.05) is 5.92 Å². The predicted molar refractivity (Wildman–Crippen MR) is 74.9 cm³/mol. The second-order valence-corrected chi connectivity index (χ2v) is 5.23. The molecule has 22 heavy (non-hydrogen) atoms. The molecule has 0 aliphatic carbocycles. The predicted octanol–water partition coefficient (Wildman–Crippen LogP) is -0.784. The molecule has 0 radical (unpaired) electrons. The fraction of sp³-hybridized carbons (Fsp3) is 0.571. The van der Waals surface area contributed by atoms with Crippen LogP contribution in [0, 0.1) is 18.8 Å². The van der Waals surface area contributed by atoms with E-state index in [1.54, 1.807) is 0 Å². The lowest BCUT2D eigenvalue weighted by Gasteiger charge is -2.25. The fourth-order valence-electron chi connectivity index (χ4n) is 2.57. The molecule has 1 fully saturated rings. The molecule has 0 spiro atoms. The van der Waals surface area contributed by atoms with E-state index in [-0.39, 0.29) is 5.69 Å². The molecule has 120 valence electrons. The maximum absolute atomic E-state index is 15.2. The molecule has 1 saturated heterocycles. The first-order chi connectivity index (χ1) is 10.2. The molecule has 0 amide bonds. The number of aliphatic hydroxyl groups excluding tert-OH is 2. The van der Waals surface area contributed by atoms with E-state index in [2.05, 4.69) is 11.8 Å². The summed E-state index contributed by atoms with van der Waals surface area (Å²) >= 11 is 0. The molecule has 1 aromatic rings. The Kier molecular flexibility index (Phi) is 4.24. The third-order valence-corrected chi connectivity index (χ3v) is 3.58. The van der Waals surface area contributed by atoms with Crippen LogP contribution >= 0.6 is 0 Å². The SMILES string of the molecule is CC#C[C@@]1(F)C(O)[C@@H]([C@H](C)O)O[C@H]1n1c(C)cc(=O)[nH]c1=O. The van der Waals surface area contributed by atoms with E-state index >= 15 is 4.39 Å². The van der Waals surface area contributed by atoms with E-state index in [4.69, 9.17) is 4.74 Å². The van der Waals surface area contributed by atoms with Gasteiger partial charge in [0.25, 0.3) is 5.56 Å². The number of aliphatic hydroxyl groups is 2. The summed E-state index contributed by atoms with van der Waals surface area (Å²) in [6.45, 7) is 4.14. The van der Waals surface area contributed by atoms with E-state index < -0.39 is 41.5 Å². The van der Waals surface area contributed by atoms with Gasteiger partial charge in [-0.25, -0.2) is 9.18 Å². The summed E-state index contributed by atoms with van der Waals surface area (Å²) in [6.07, 6.45) is -5.76. The molecule has 0 saturated carbocycles. The fourth-order valence-corrected chi connectivity index (χ4v) is 2.57. The van der Waals surface area contributed by atoms with Gasteiger partial charge in [-0.2, -0.15) is 0 Å². The van der Waals surface area contributed by atoms with E-state index in [9.17, 15) is 19.8 Å². The van der Waals surface area contributed by atoms with Gasteiger partial charge >= 0.3 is 5.69 Å². The number of nitrogens with one attached hydrogen (secondary N) is 1. The smallest absolute Gasteiger partial charge is 0.330 e. The van der Waals surface area contributed by atoms with Gasteiger partial charge in [0, 0.05) is 11.8 Å². The van der Waals surface area contributed by atoms with Gasteiger partial charge in [-0.3, -0.25) is 14.3 Å². The number of aromatic nitrogens is 2. The molecule has 1 aliphatic heterocycles. The van der Waals surface area contributed by atoms with Crippen molar-refractivity contribution < 1.29 is 19.3 Å². The van der Waals surface area contributed by atoms with Crippen molar-refractivity contribution in [2.24, 2.45) is 0 Å². The Morgan fingerprint density at radius 1 is 1.55 bits per heavy atom. The number of rotatable bonds is 2. The highest BCUT2D eigenvalue weighted by Crippen LogP contribution is 2.42. The lowest BCUT2D eigenvalue weighted by Crippen LogP contribution is -2.46. The average Bonchev–Trinajstić information content (AvgIpc) is 2.63. The minimum atomic E-state index is -2.59. The zero-order chi connectivity index (χ0) is 16.7. The van der Waals surface area contributed by atoms with Gasteiger partial charge in [0.15, 0.2) is 6.23 Å². The molecule has 0 aromatic carbocycles. The van der Waals surface area contributed by atoms with Gasteiger partial charge in [0.1, 0.15) is 12.2 Å². The van der Waals surface area contributed by atoms with Crippen LogP contribution < -0.4 is 11.2 Å². The first kappa shape index (κ1) is 16.4. The summed E-state index contributed by atoms with van der Waals surface area (Å²) in [4.78, 5) is 25.3. The summed E-state index contributed by atoms with van der Waals surface area (Å²) in [5, 5.41) is 19.8. The van der Waals surface area contributed by atoms with Gasteiger partial charge in [-0.05, 0) is 20.8 Å². The number of hydrogen-bond donors (Lipinski definition) is 3. The number of ether oxygens (including phenoxy) is 1. The normalized spacial score (nSPS) is 32.4. The lowest BCUT2D eigenvalue weighted by atomic mass is 9.94. The van der Waals surface area contributed by atoms with Crippen LogP contribution in [0.2, 0.25) is 0 Å². The Morgan fingerprint density at radius 2 is 2.18 bits per heavy atom. The Bertz CT molecular complexity index is 744. The molecule has 1 aliphatic rings. The van der Waals surface area contributed by atoms with Crippen LogP contribution in [0.3, 0.4) is 0 Å². The molecular formula is C14H17FN2O5. The molecule has 1 aromatic heterocycles. The van der Waals surface area contributed by atoms with Gasteiger partial charge < -0.3 is 14.9 Å². The molecule has 2 rings (SSSR count). The van der Waals surface area contributed by atoms with Gasteiger partial charge in [-0.15, -0.1) is 5.92 Å². The van der Waals surface area contributed by atoms with Crippen molar-refractivity contribution in [3.63, 3.8) is 0 Å². The monoisotopic (exact) mass is 312 g/mol. The molecular weight excluding hydrogens is 295 g/mol. The van der Waals surface area contributed by atoms with Crippen molar-refractivity contribution in [3.05, 3.63) is 32.6 Å². The first-order valence-electron chi connectivity index (χ1n) is 6.69. The van der Waals surface area contributed by atoms with Crippen molar-refractivity contribution >= 4 is 0 Å². The quantitative estimate of drug-likeness (QED) is 0.621. The van der Waals surface area contributed by atoms with Gasteiger partial charge in [0.2, 0.25) is 5.67 Å². The second kappa shape index (κ2) is 5.68. The van der Waals surface area contributed by atoms with Crippen LogP contribution in [0.5, 0.6) is 0 Å². The van der Waals surface area contributed by atoms with Gasteiger partial charge in [0.05, 0.1) is 6.10 Å². The van der Waals surface area contributed by atoms with Crippen LogP contribution in [0.1, 0.15) is 25.8 Å². The van der Waals surface area contributed by atoms with Crippen LogP contribution in [0.15, 0.2) is 15.7 Å². The standard InChI is InChI=1S/C14H17FN2O5/c1-4-5-14(15)11(20)10(8(3)18)22-12(14)17-7(2)6-9(19)16-13(17)21/h6,8,10-12,18,20H,1-3H3,(H,16,19,21)/t8-,10+,11?,12+,14+/m0/s1. The number of alkyl halides is 1. The van der Waals surface area contributed by atoms with E-state index in [1.807, 2.05) is 4.98 Å². The molecule has 2 heterocycles. The molecule has 3 N–H and O–H groups in total. The molecule has 0 bridgehead atoms. The summed E-state index contributed by atoms with van der Waals surface area (Å²) in [6, 6.07) is 1.10. The zero-order valence-corrected chi connectivity index (χ0v) is 12.3. The number of aryl methyl sites for hydroxylation is 1. The van der Waals surface area contributed by atoms with Crippen molar-refractivity contribution in [3.8, 4) is 11.8 Å². The average molecular weight is 312 g/mol. The molecule has 8 heteroatoms. The summed E-state index contributed by atoms with van der Waals surface area (Å²) in [7, 11) is 0. The second-order valence-electron chi connectivity index (χ2n) is 5.23. The molecule has 1 unspecified atom stereocenters. The summed E-state index contributed by atoms with van der Waals surface area (Å²) < 4.78 is 21.4. The number of nitrogens with zero attached hydrogens (tertiary/aromatic N) is 1. The first-order valence-corrected chi connectivity index (χ1v) is 6.69. The van der Waals surface area contributed by atoms with E-state index in [0.717, 1.165) is 10.6 Å². The van der Waals surface area contributed by atoms with Crippen molar-refractivity contribution in [2.75, 3.05) is 0 Å². The summed E-state index contributed by atoms with van der Waals surface area (Å²) in [5.41, 5.74) is -3.95. The maximum Gasteiger partial charge on any atom is 0.330 e. The topological polar surface area (TPSA) is 105 Å². The van der Waals surface area contributed by atoms with Crippen LogP contribution in [0.25, 0.3) is 0 Å². The molecule has 5 atom stereocenters. The highest BCUT2D eigenvalue weighted by Gasteiger charge is 2.59. The highest BCUT2D eigenvalue weighted by atomic mass is 19.1. The highest BCUT2D eigenvalue weighted by molar-refractivity contribution is 5.23. The molecule has 7 nitrogen and oxygen atoms in total. The Hall–Kier alpha value is -1.95. The third kappa shape index (κ3) is 2.47. The Balaban J connectivity index is 2.64. The zero-order valence-electron chi connectivity index (χ0n) is 12.3. The number of halogens is 1. The number of H-pyrrole nitrogens is 1. The van der Waals surface area contributed by atoms with Crippen LogP contribution in [0.4, 0.5) is 4.39 Å². The summed E-state index contributed by atoms with van der Waals surface area (Å²) in [5.74, 6) is 4.57. The number of aromatic amines is 1. The van der Waals surface area contributed by atoms with Crippen molar-refractivity contribution in [1.82, 2.24) is 9.55 Å². The van der Waals surface area contributed by atoms with E-state index in [0.29, 0.717) is 0 Å². The largest absolute Gasteiger partial charge is 0.391 e. The van der Waals surface area contributed by atoms with E-state index in [1.165, 1.54) is 20.8 Å². The lowest BCUT2D eigenvalue weighted by molar-refractivity contribution is -0.0809. The Morgan fingerprint density at radius 3 is 2.68 bits per heavy atom. The van der Waals surface area contributed by atoms with Crippen LogP contribution in [-0.2, 0) is 4.74 Å². The van der Waals surface area contributed by atoms with Crippen molar-refractivity contribution in [2.45, 2.75) is 51.0 Å². The Labute approximate surface area is 125 Å². The number of hydrogen-bond acceptors (Lipinski definition) is 5.